The van der Waals surface area contributed by atoms with Gasteiger partial charge >= 0.3 is 0 Å². The zero-order chi connectivity index (χ0) is 12.1. The molecule has 0 aliphatic rings. The largest absolute Gasteiger partial charge is 0.326 e. The molecule has 0 fully saturated rings. The Kier molecular flexibility index (Phi) is 3.85. The van der Waals surface area contributed by atoms with Crippen LogP contribution in [0.5, 0.6) is 0 Å². The van der Waals surface area contributed by atoms with E-state index >= 15 is 0 Å². The number of benzene rings is 1. The smallest absolute Gasteiger partial charge is 0.140 e. The van der Waals surface area contributed by atoms with Crippen LogP contribution < -0.4 is 16.0 Å². The molecule has 4 N–H and O–H groups in total. The average molecular weight is 246 g/mol. The molecule has 0 aliphatic heterocycles. The molecule has 4 nitrogen and oxygen atoms in total. The number of para-hydroxylation sites is 1. The predicted molar refractivity (Wildman–Crippen MR) is 72.7 cm³/mol. The third-order valence-electron chi connectivity index (χ3n) is 2.26. The van der Waals surface area contributed by atoms with E-state index in [0.717, 1.165) is 16.1 Å². The van der Waals surface area contributed by atoms with E-state index in [-0.39, 0.29) is 0 Å². The second-order valence-corrected chi connectivity index (χ2v) is 4.40. The highest BCUT2D eigenvalue weighted by Gasteiger charge is 2.01. The first kappa shape index (κ1) is 11.8. The van der Waals surface area contributed by atoms with Crippen molar-refractivity contribution in [3.8, 4) is 0 Å². The predicted octanol–water partition coefficient (Wildman–Crippen LogP) is 2.79. The van der Waals surface area contributed by atoms with Crippen molar-refractivity contribution in [2.45, 2.75) is 11.8 Å². The topological polar surface area (TPSA) is 63.0 Å². The van der Waals surface area contributed by atoms with Crippen molar-refractivity contribution in [1.29, 1.82) is 0 Å². The Bertz CT molecular complexity index is 487. The number of nitrogen functional groups attached to an aromatic ring is 1. The molecule has 1 aromatic carbocycles. The van der Waals surface area contributed by atoms with Gasteiger partial charge in [0.25, 0.3) is 0 Å². The third-order valence-corrected chi connectivity index (χ3v) is 3.25. The molecule has 2 rings (SSSR count). The van der Waals surface area contributed by atoms with Crippen LogP contribution in [0.4, 0.5) is 11.5 Å². The zero-order valence-electron chi connectivity index (χ0n) is 9.47. The molecule has 0 spiro atoms. The highest BCUT2D eigenvalue weighted by atomic mass is 32.2. The van der Waals surface area contributed by atoms with E-state index in [2.05, 4.69) is 15.1 Å². The molecule has 0 saturated heterocycles. The second kappa shape index (κ2) is 5.56. The summed E-state index contributed by atoms with van der Waals surface area (Å²) in [7, 11) is 0. The van der Waals surface area contributed by atoms with Crippen LogP contribution in [0.3, 0.4) is 0 Å². The third kappa shape index (κ3) is 3.12. The lowest BCUT2D eigenvalue weighted by atomic mass is 10.3. The van der Waals surface area contributed by atoms with Gasteiger partial charge in [-0.2, -0.15) is 0 Å². The monoisotopic (exact) mass is 246 g/mol. The van der Waals surface area contributed by atoms with Crippen molar-refractivity contribution in [3.63, 3.8) is 0 Å². The summed E-state index contributed by atoms with van der Waals surface area (Å²) in [4.78, 5) is 5.25. The fourth-order valence-corrected chi connectivity index (χ4v) is 2.04. The number of rotatable bonds is 4. The van der Waals surface area contributed by atoms with Crippen molar-refractivity contribution < 1.29 is 0 Å². The number of aromatic nitrogens is 1. The summed E-state index contributed by atoms with van der Waals surface area (Å²) >= 11 is 1.54. The molecule has 0 amide bonds. The molecule has 17 heavy (non-hydrogen) atoms. The van der Waals surface area contributed by atoms with Gasteiger partial charge in [0.1, 0.15) is 5.82 Å². The number of nitrogens with zero attached hydrogens (tertiary/aromatic N) is 1. The number of hydrogen-bond acceptors (Lipinski definition) is 5. The number of hydrazine groups is 1. The standard InChI is InChI=1S/C12H14N4S/c1-9-7-12(15-13)14-8-11(9)17-16-10-5-3-2-4-6-10/h2-8,16H,13H2,1H3,(H,14,15). The lowest BCUT2D eigenvalue weighted by Crippen LogP contribution is -2.08. The summed E-state index contributed by atoms with van der Waals surface area (Å²) in [5.74, 6) is 5.97. The van der Waals surface area contributed by atoms with Gasteiger partial charge in [-0.05, 0) is 42.6 Å². The van der Waals surface area contributed by atoms with Crippen LogP contribution in [0.1, 0.15) is 5.56 Å². The Morgan fingerprint density at radius 3 is 2.65 bits per heavy atom. The first-order chi connectivity index (χ1) is 8.29. The summed E-state index contributed by atoms with van der Waals surface area (Å²) < 4.78 is 3.26. The SMILES string of the molecule is Cc1cc(NN)ncc1SNc1ccccc1. The lowest BCUT2D eigenvalue weighted by molar-refractivity contribution is 1.14. The van der Waals surface area contributed by atoms with E-state index < -0.39 is 0 Å². The Morgan fingerprint density at radius 1 is 1.24 bits per heavy atom. The number of aryl methyl sites for hydroxylation is 1. The van der Waals surface area contributed by atoms with Crippen molar-refractivity contribution in [2.24, 2.45) is 5.84 Å². The number of nitrogens with one attached hydrogen (secondary N) is 2. The molecule has 1 aromatic heterocycles. The first-order valence-corrected chi connectivity index (χ1v) is 6.02. The Morgan fingerprint density at radius 2 is 2.00 bits per heavy atom. The minimum atomic E-state index is 0.673. The maximum atomic E-state index is 5.30. The van der Waals surface area contributed by atoms with Gasteiger partial charge in [-0.15, -0.1) is 0 Å². The number of pyridine rings is 1. The molecule has 0 radical (unpaired) electrons. The van der Waals surface area contributed by atoms with Gasteiger partial charge in [-0.1, -0.05) is 18.2 Å². The van der Waals surface area contributed by atoms with Crippen molar-refractivity contribution in [1.82, 2.24) is 4.98 Å². The molecule has 0 atom stereocenters. The van der Waals surface area contributed by atoms with Gasteiger partial charge < -0.3 is 10.1 Å². The van der Waals surface area contributed by atoms with Crippen molar-refractivity contribution >= 4 is 23.5 Å². The summed E-state index contributed by atoms with van der Waals surface area (Å²) in [6.07, 6.45) is 1.80. The molecule has 0 unspecified atom stereocenters. The van der Waals surface area contributed by atoms with Gasteiger partial charge in [0, 0.05) is 16.8 Å². The second-order valence-electron chi connectivity index (χ2n) is 3.55. The van der Waals surface area contributed by atoms with Gasteiger partial charge in [-0.3, -0.25) is 0 Å². The zero-order valence-corrected chi connectivity index (χ0v) is 10.3. The normalized spacial score (nSPS) is 10.0. The van der Waals surface area contributed by atoms with E-state index in [1.807, 2.05) is 43.3 Å². The van der Waals surface area contributed by atoms with E-state index in [4.69, 9.17) is 5.84 Å². The van der Waals surface area contributed by atoms with Crippen LogP contribution in [0.2, 0.25) is 0 Å². The number of hydrogen-bond donors (Lipinski definition) is 3. The van der Waals surface area contributed by atoms with Crippen LogP contribution in [0.25, 0.3) is 0 Å². The Hall–Kier alpha value is -1.72. The molecule has 88 valence electrons. The summed E-state index contributed by atoms with van der Waals surface area (Å²) in [5, 5.41) is 0. The fourth-order valence-electron chi connectivity index (χ4n) is 1.35. The van der Waals surface area contributed by atoms with Gasteiger partial charge in [-0.25, -0.2) is 10.8 Å². The molecule has 2 aromatic rings. The van der Waals surface area contributed by atoms with E-state index in [0.29, 0.717) is 5.82 Å². The molecule has 5 heteroatoms. The molecule has 0 aliphatic carbocycles. The van der Waals surface area contributed by atoms with Crippen LogP contribution in [0, 0.1) is 6.92 Å². The number of anilines is 2. The van der Waals surface area contributed by atoms with Crippen LogP contribution >= 0.6 is 11.9 Å². The van der Waals surface area contributed by atoms with Gasteiger partial charge in [0.05, 0.1) is 0 Å². The minimum Gasteiger partial charge on any atom is -0.326 e. The molecule has 0 saturated carbocycles. The molecule has 1 heterocycles. The van der Waals surface area contributed by atoms with Gasteiger partial charge in [0.15, 0.2) is 0 Å². The number of nitrogens with two attached hydrogens (primary N) is 1. The highest BCUT2D eigenvalue weighted by molar-refractivity contribution is 8.00. The minimum absolute atomic E-state index is 0.673. The van der Waals surface area contributed by atoms with E-state index in [1.165, 1.54) is 11.9 Å². The summed E-state index contributed by atoms with van der Waals surface area (Å²) in [6.45, 7) is 2.03. The first-order valence-electron chi connectivity index (χ1n) is 5.21. The maximum absolute atomic E-state index is 5.30. The van der Waals surface area contributed by atoms with Crippen LogP contribution in [0.15, 0.2) is 47.5 Å². The summed E-state index contributed by atoms with van der Waals surface area (Å²) in [6, 6.07) is 11.9. The van der Waals surface area contributed by atoms with Crippen LogP contribution in [-0.4, -0.2) is 4.98 Å². The highest BCUT2D eigenvalue weighted by Crippen LogP contribution is 2.24. The Labute approximate surface area is 105 Å². The van der Waals surface area contributed by atoms with E-state index in [1.54, 1.807) is 6.20 Å². The quantitative estimate of drug-likeness (QED) is 0.440. The maximum Gasteiger partial charge on any atom is 0.140 e. The molecular formula is C12H14N4S. The van der Waals surface area contributed by atoms with Crippen molar-refractivity contribution in [3.05, 3.63) is 48.2 Å². The van der Waals surface area contributed by atoms with Crippen molar-refractivity contribution in [2.75, 3.05) is 10.1 Å². The van der Waals surface area contributed by atoms with Gasteiger partial charge in [0.2, 0.25) is 0 Å². The Balaban J connectivity index is 2.04. The molecule has 0 bridgehead atoms. The average Bonchev–Trinajstić information content (AvgIpc) is 2.38. The fraction of sp³-hybridized carbons (Fsp3) is 0.0833. The van der Waals surface area contributed by atoms with E-state index in [9.17, 15) is 0 Å². The summed E-state index contributed by atoms with van der Waals surface area (Å²) in [5.41, 5.74) is 4.72. The molecular weight excluding hydrogens is 232 g/mol. The van der Waals surface area contributed by atoms with Crippen LogP contribution in [-0.2, 0) is 0 Å². The lowest BCUT2D eigenvalue weighted by Gasteiger charge is -2.08.